The summed E-state index contributed by atoms with van der Waals surface area (Å²) in [5, 5.41) is 0. The molecule has 1 aromatic rings. The molecule has 2 rings (SSSR count). The monoisotopic (exact) mass is 281 g/mol. The van der Waals surface area contributed by atoms with Crippen LogP contribution in [0.3, 0.4) is 0 Å². The van der Waals surface area contributed by atoms with E-state index in [-0.39, 0.29) is 6.04 Å². The molecule has 1 aliphatic rings. The molecule has 0 spiro atoms. The molecule has 1 atom stereocenters. The van der Waals surface area contributed by atoms with E-state index in [9.17, 15) is 0 Å². The molecule has 1 fully saturated rings. The average Bonchev–Trinajstić information content (AvgIpc) is 2.54. The Morgan fingerprint density at radius 3 is 2.40 bits per heavy atom. The smallest absolute Gasteiger partial charge is 0.127 e. The second kappa shape index (κ2) is 6.43. The van der Waals surface area contributed by atoms with Crippen molar-refractivity contribution in [3.8, 4) is 11.5 Å². The lowest BCUT2D eigenvalue weighted by atomic mass is 9.82. The van der Waals surface area contributed by atoms with E-state index in [1.54, 1.807) is 21.3 Å². The molecule has 1 saturated heterocycles. The molecule has 1 aliphatic heterocycles. The highest BCUT2D eigenvalue weighted by Gasteiger charge is 2.40. The van der Waals surface area contributed by atoms with Gasteiger partial charge in [0, 0.05) is 44.8 Å². The van der Waals surface area contributed by atoms with Gasteiger partial charge in [-0.15, -0.1) is 0 Å². The molecule has 112 valence electrons. The standard InChI is InChI=1S/C15H23NO4/c1-17-11-4-5-12(13(10-11)18-2)14(16)15(19-3)6-8-20-9-7-15/h4-5,10,14H,6-9,16H2,1-3H3. The van der Waals surface area contributed by atoms with Gasteiger partial charge < -0.3 is 24.7 Å². The summed E-state index contributed by atoms with van der Waals surface area (Å²) in [4.78, 5) is 0. The molecule has 5 nitrogen and oxygen atoms in total. The van der Waals surface area contributed by atoms with Gasteiger partial charge in [-0.25, -0.2) is 0 Å². The van der Waals surface area contributed by atoms with Crippen molar-refractivity contribution >= 4 is 0 Å². The van der Waals surface area contributed by atoms with E-state index < -0.39 is 5.60 Å². The van der Waals surface area contributed by atoms with Crippen molar-refractivity contribution < 1.29 is 18.9 Å². The number of hydrogen-bond acceptors (Lipinski definition) is 5. The van der Waals surface area contributed by atoms with Gasteiger partial charge in [-0.3, -0.25) is 0 Å². The fourth-order valence-electron chi connectivity index (χ4n) is 2.72. The Hall–Kier alpha value is -1.30. The maximum Gasteiger partial charge on any atom is 0.127 e. The van der Waals surface area contributed by atoms with Gasteiger partial charge in [0.2, 0.25) is 0 Å². The van der Waals surface area contributed by atoms with Gasteiger partial charge in [0.15, 0.2) is 0 Å². The summed E-state index contributed by atoms with van der Waals surface area (Å²) in [6.45, 7) is 1.33. The lowest BCUT2D eigenvalue weighted by molar-refractivity contribution is -0.105. The Labute approximate surface area is 120 Å². The zero-order valence-corrected chi connectivity index (χ0v) is 12.3. The maximum atomic E-state index is 6.48. The van der Waals surface area contributed by atoms with Crippen LogP contribution in [0.2, 0.25) is 0 Å². The fourth-order valence-corrected chi connectivity index (χ4v) is 2.72. The molecule has 0 bridgehead atoms. The zero-order chi connectivity index (χ0) is 14.6. The summed E-state index contributed by atoms with van der Waals surface area (Å²) < 4.78 is 21.8. The van der Waals surface area contributed by atoms with Crippen molar-refractivity contribution in [2.24, 2.45) is 5.73 Å². The Balaban J connectivity index is 2.33. The highest BCUT2D eigenvalue weighted by atomic mass is 16.5. The number of hydrogen-bond donors (Lipinski definition) is 1. The quantitative estimate of drug-likeness (QED) is 0.893. The third-order valence-corrected chi connectivity index (χ3v) is 4.09. The van der Waals surface area contributed by atoms with Crippen LogP contribution in [-0.2, 0) is 9.47 Å². The largest absolute Gasteiger partial charge is 0.497 e. The first-order chi connectivity index (χ1) is 9.66. The van der Waals surface area contributed by atoms with E-state index in [4.69, 9.17) is 24.7 Å². The summed E-state index contributed by atoms with van der Waals surface area (Å²) in [5.41, 5.74) is 7.01. The SMILES string of the molecule is COc1ccc(C(N)C2(OC)CCOCC2)c(OC)c1. The highest BCUT2D eigenvalue weighted by molar-refractivity contribution is 5.43. The van der Waals surface area contributed by atoms with Crippen LogP contribution < -0.4 is 15.2 Å². The van der Waals surface area contributed by atoms with Gasteiger partial charge in [-0.1, -0.05) is 0 Å². The third-order valence-electron chi connectivity index (χ3n) is 4.09. The summed E-state index contributed by atoms with van der Waals surface area (Å²) in [6, 6.07) is 5.41. The molecule has 1 heterocycles. The minimum Gasteiger partial charge on any atom is -0.497 e. The first kappa shape index (κ1) is 15.1. The molecule has 0 aromatic heterocycles. The van der Waals surface area contributed by atoms with Crippen molar-refractivity contribution in [3.05, 3.63) is 23.8 Å². The van der Waals surface area contributed by atoms with Crippen LogP contribution in [0, 0.1) is 0 Å². The van der Waals surface area contributed by atoms with Crippen molar-refractivity contribution in [2.45, 2.75) is 24.5 Å². The number of rotatable bonds is 5. The molecule has 5 heteroatoms. The highest BCUT2D eigenvalue weighted by Crippen LogP contribution is 2.40. The number of benzene rings is 1. The third kappa shape index (κ3) is 2.75. The van der Waals surface area contributed by atoms with Gasteiger partial charge in [-0.05, 0) is 12.1 Å². The van der Waals surface area contributed by atoms with Gasteiger partial charge in [-0.2, -0.15) is 0 Å². The van der Waals surface area contributed by atoms with E-state index in [0.29, 0.717) is 13.2 Å². The number of nitrogens with two attached hydrogens (primary N) is 1. The lowest BCUT2D eigenvalue weighted by Gasteiger charge is -2.41. The Morgan fingerprint density at radius 2 is 1.85 bits per heavy atom. The van der Waals surface area contributed by atoms with E-state index in [1.165, 1.54) is 0 Å². The van der Waals surface area contributed by atoms with Crippen LogP contribution in [0.1, 0.15) is 24.4 Å². The van der Waals surface area contributed by atoms with Gasteiger partial charge in [0.25, 0.3) is 0 Å². The second-order valence-electron chi connectivity index (χ2n) is 4.97. The number of ether oxygens (including phenoxy) is 4. The van der Waals surface area contributed by atoms with E-state index in [2.05, 4.69) is 0 Å². The Morgan fingerprint density at radius 1 is 1.15 bits per heavy atom. The minimum absolute atomic E-state index is 0.266. The normalized spacial score (nSPS) is 19.4. The van der Waals surface area contributed by atoms with Crippen LogP contribution in [-0.4, -0.2) is 40.1 Å². The topological polar surface area (TPSA) is 62.9 Å². The Kier molecular flexibility index (Phi) is 4.86. The summed E-state index contributed by atoms with van der Waals surface area (Å²) >= 11 is 0. The van der Waals surface area contributed by atoms with Gasteiger partial charge in [0.05, 0.1) is 25.9 Å². The van der Waals surface area contributed by atoms with Gasteiger partial charge >= 0.3 is 0 Å². The molecule has 1 aromatic carbocycles. The molecule has 20 heavy (non-hydrogen) atoms. The van der Waals surface area contributed by atoms with Crippen LogP contribution in [0.4, 0.5) is 0 Å². The maximum absolute atomic E-state index is 6.48. The van der Waals surface area contributed by atoms with Crippen LogP contribution in [0.5, 0.6) is 11.5 Å². The molecule has 0 radical (unpaired) electrons. The molecule has 1 unspecified atom stereocenters. The second-order valence-corrected chi connectivity index (χ2v) is 4.97. The first-order valence-corrected chi connectivity index (χ1v) is 6.77. The molecule has 0 saturated carbocycles. The van der Waals surface area contributed by atoms with E-state index in [1.807, 2.05) is 18.2 Å². The van der Waals surface area contributed by atoms with Crippen molar-refractivity contribution in [1.29, 1.82) is 0 Å². The summed E-state index contributed by atoms with van der Waals surface area (Å²) in [7, 11) is 4.97. The molecule has 0 aliphatic carbocycles. The van der Waals surface area contributed by atoms with Crippen LogP contribution >= 0.6 is 0 Å². The molecule has 2 N–H and O–H groups in total. The predicted octanol–water partition coefficient (Wildman–Crippen LogP) is 1.90. The average molecular weight is 281 g/mol. The minimum atomic E-state index is -0.403. The fraction of sp³-hybridized carbons (Fsp3) is 0.600. The predicted molar refractivity (Wildman–Crippen MR) is 76.3 cm³/mol. The lowest BCUT2D eigenvalue weighted by Crippen LogP contribution is -2.47. The Bertz CT molecular complexity index is 443. The van der Waals surface area contributed by atoms with E-state index in [0.717, 1.165) is 29.9 Å². The van der Waals surface area contributed by atoms with E-state index >= 15 is 0 Å². The van der Waals surface area contributed by atoms with Gasteiger partial charge in [0.1, 0.15) is 11.5 Å². The number of methoxy groups -OCH3 is 3. The van der Waals surface area contributed by atoms with Crippen LogP contribution in [0.15, 0.2) is 18.2 Å². The first-order valence-electron chi connectivity index (χ1n) is 6.77. The zero-order valence-electron chi connectivity index (χ0n) is 12.3. The van der Waals surface area contributed by atoms with Crippen molar-refractivity contribution in [1.82, 2.24) is 0 Å². The van der Waals surface area contributed by atoms with Crippen molar-refractivity contribution in [2.75, 3.05) is 34.5 Å². The summed E-state index contributed by atoms with van der Waals surface area (Å²) in [5.74, 6) is 1.47. The van der Waals surface area contributed by atoms with Crippen LogP contribution in [0.25, 0.3) is 0 Å². The van der Waals surface area contributed by atoms with Crippen molar-refractivity contribution in [3.63, 3.8) is 0 Å². The molecule has 0 amide bonds. The molecular formula is C15H23NO4. The molecular weight excluding hydrogens is 258 g/mol. The summed E-state index contributed by atoms with van der Waals surface area (Å²) in [6.07, 6.45) is 1.56.